The molecule has 1 aliphatic carbocycles. The van der Waals surface area contributed by atoms with Crippen molar-refractivity contribution in [1.29, 1.82) is 0 Å². The maximum Gasteiger partial charge on any atom is 0.0797 e. The first-order valence-corrected chi connectivity index (χ1v) is 10.9. The molecule has 1 fully saturated rings. The molecule has 1 aliphatic rings. The molecule has 1 aromatic rings. The van der Waals surface area contributed by atoms with Crippen LogP contribution in [0.5, 0.6) is 0 Å². The first kappa shape index (κ1) is 23.7. The van der Waals surface area contributed by atoms with Crippen LogP contribution in [0.15, 0.2) is 36.4 Å². The fourth-order valence-corrected chi connectivity index (χ4v) is 4.46. The van der Waals surface area contributed by atoms with E-state index in [1.165, 1.54) is 5.56 Å². The Bertz CT molecular complexity index is 505. The topological polar surface area (TPSA) is 20.2 Å². The van der Waals surface area contributed by atoms with Crippen molar-refractivity contribution in [3.8, 4) is 0 Å². The Morgan fingerprint density at radius 2 is 2.00 bits per heavy atom. The second kappa shape index (κ2) is 12.9. The number of halogens is 1. The summed E-state index contributed by atoms with van der Waals surface area (Å²) in [6, 6.07) is 8.59. The molecule has 0 aliphatic heterocycles. The number of rotatable bonds is 9. The van der Waals surface area contributed by atoms with Crippen LogP contribution >= 0.6 is 23.4 Å². The maximum atomic E-state index is 10.2. The first-order valence-electron chi connectivity index (χ1n) is 9.02. The van der Waals surface area contributed by atoms with Crippen molar-refractivity contribution in [1.82, 2.24) is 0 Å². The molecule has 0 amide bonds. The molecule has 4 atom stereocenters. The quantitative estimate of drug-likeness (QED) is 0.275. The summed E-state index contributed by atoms with van der Waals surface area (Å²) in [6.45, 7) is 3.87. The minimum Gasteiger partial charge on any atom is -0.388 e. The van der Waals surface area contributed by atoms with Crippen LogP contribution in [-0.2, 0) is 32.7 Å². The number of allylic oxidation sites excluding steroid dienone is 2. The molecule has 0 bridgehead atoms. The van der Waals surface area contributed by atoms with Gasteiger partial charge in [-0.3, -0.25) is 0 Å². The average Bonchev–Trinajstić information content (AvgIpc) is 2.97. The van der Waals surface area contributed by atoms with Crippen LogP contribution in [0.25, 0.3) is 0 Å². The monoisotopic (exact) mass is 454 g/mol. The zero-order chi connectivity index (χ0) is 17.4. The number of hydrogen-bond acceptors (Lipinski definition) is 2. The zero-order valence-electron chi connectivity index (χ0n) is 15.2. The molecule has 2 rings (SSSR count). The van der Waals surface area contributed by atoms with E-state index in [0.717, 1.165) is 49.8 Å². The van der Waals surface area contributed by atoms with Gasteiger partial charge in [-0.15, -0.1) is 11.6 Å². The van der Waals surface area contributed by atoms with Crippen LogP contribution in [0.3, 0.4) is 0 Å². The number of aliphatic hydroxyl groups excluding tert-OH is 1. The van der Waals surface area contributed by atoms with Gasteiger partial charge in [0.2, 0.25) is 0 Å². The average molecular weight is 455 g/mol. The summed E-state index contributed by atoms with van der Waals surface area (Å²) in [6.07, 6.45) is 12.4. The maximum absolute atomic E-state index is 10.2. The molecule has 1 radical (unpaired) electrons. The molecule has 4 heteroatoms. The van der Waals surface area contributed by atoms with Gasteiger partial charge in [0.25, 0.3) is 0 Å². The Morgan fingerprint density at radius 3 is 2.64 bits per heavy atom. The van der Waals surface area contributed by atoms with Gasteiger partial charge in [0.1, 0.15) is 0 Å². The van der Waals surface area contributed by atoms with Gasteiger partial charge < -0.3 is 12.0 Å². The van der Waals surface area contributed by atoms with Gasteiger partial charge in [-0.05, 0) is 60.7 Å². The third-order valence-corrected chi connectivity index (χ3v) is 6.21. The van der Waals surface area contributed by atoms with Crippen molar-refractivity contribution in [3.05, 3.63) is 54.5 Å². The fraction of sp³-hybridized carbons (Fsp3) is 0.571. The second-order valence-electron chi connectivity index (χ2n) is 6.68. The van der Waals surface area contributed by atoms with Gasteiger partial charge in [-0.1, -0.05) is 42.8 Å². The predicted molar refractivity (Wildman–Crippen MR) is 108 cm³/mol. The summed E-state index contributed by atoms with van der Waals surface area (Å²) in [5.74, 6) is 2.04. The van der Waals surface area contributed by atoms with E-state index >= 15 is 0 Å². The first-order chi connectivity index (χ1) is 11.7. The molecule has 0 saturated heterocycles. The fourth-order valence-electron chi connectivity index (χ4n) is 3.60. The van der Waals surface area contributed by atoms with Gasteiger partial charge in [0.05, 0.1) is 6.10 Å². The minimum absolute atomic E-state index is 0. The zero-order valence-corrected chi connectivity index (χ0v) is 19.7. The Balaban J connectivity index is 0.00000312. The van der Waals surface area contributed by atoms with Crippen molar-refractivity contribution in [2.75, 3.05) is 12.0 Å². The molecule has 1 nitrogen and oxygen atoms in total. The van der Waals surface area contributed by atoms with Crippen LogP contribution < -0.4 is 0 Å². The Labute approximate surface area is 188 Å². The van der Waals surface area contributed by atoms with Crippen molar-refractivity contribution >= 4 is 23.4 Å². The van der Waals surface area contributed by atoms with Gasteiger partial charge in [-0.25, -0.2) is 0 Å². The van der Waals surface area contributed by atoms with E-state index in [0.29, 0.717) is 11.8 Å². The molecule has 1 aromatic carbocycles. The number of benzene rings is 1. The molecule has 1 N–H and O–H groups in total. The molecule has 4 unspecified atom stereocenters. The number of thioether (sulfide) groups is 1. The normalized spacial score (nSPS) is 24.4. The van der Waals surface area contributed by atoms with Crippen molar-refractivity contribution in [2.24, 2.45) is 5.92 Å². The van der Waals surface area contributed by atoms with Crippen LogP contribution in [0.2, 0.25) is 0 Å². The van der Waals surface area contributed by atoms with E-state index in [-0.39, 0.29) is 44.2 Å². The minimum atomic E-state index is -0.350. The molecule has 0 spiro atoms. The van der Waals surface area contributed by atoms with Crippen LogP contribution in [0, 0.1) is 12.8 Å². The van der Waals surface area contributed by atoms with Crippen molar-refractivity contribution in [3.63, 3.8) is 0 Å². The van der Waals surface area contributed by atoms with Crippen molar-refractivity contribution in [2.45, 2.75) is 55.9 Å². The largest absolute Gasteiger partial charge is 0.388 e. The third-order valence-electron chi connectivity index (χ3n) is 5.03. The number of hydrogen-bond donors (Lipinski definition) is 1. The predicted octanol–water partition coefficient (Wildman–Crippen LogP) is 6.13. The van der Waals surface area contributed by atoms with Gasteiger partial charge in [0, 0.05) is 38.1 Å². The summed E-state index contributed by atoms with van der Waals surface area (Å²) >= 11 is 8.36. The summed E-state index contributed by atoms with van der Waals surface area (Å²) in [7, 11) is 0. The number of alkyl halides is 1. The number of unbranched alkanes of at least 4 members (excludes halogenated alkanes) is 1. The standard InChI is InChI=1S/C21H30ClOS.Y/c1-3-4-5-6-7-19-18(12-13-20(19)22)16-8-10-17(11-9-16)21(23)14-15-24-2;/h5-6,8-11,18-21,23H,1,3-4,7,12-15H2,2H3;/q-1;/b6-5-;. The van der Waals surface area contributed by atoms with E-state index in [1.54, 1.807) is 11.8 Å². The molecule has 0 aromatic heterocycles. The molecule has 137 valence electrons. The molecule has 25 heavy (non-hydrogen) atoms. The summed E-state index contributed by atoms with van der Waals surface area (Å²) in [5, 5.41) is 10.5. The van der Waals surface area contributed by atoms with E-state index in [4.69, 9.17) is 11.6 Å². The van der Waals surface area contributed by atoms with Crippen LogP contribution in [0.1, 0.15) is 61.7 Å². The van der Waals surface area contributed by atoms with E-state index in [1.807, 2.05) is 0 Å². The SMILES string of the molecule is [CH2-]CC/C=C\CC1C(Cl)CCC1c1ccc(C(O)CCSC)cc1.[Y]. The van der Waals surface area contributed by atoms with Crippen LogP contribution in [0.4, 0.5) is 0 Å². The smallest absolute Gasteiger partial charge is 0.0797 e. The molecule has 1 saturated carbocycles. The van der Waals surface area contributed by atoms with Gasteiger partial charge in [-0.2, -0.15) is 18.2 Å². The summed E-state index contributed by atoms with van der Waals surface area (Å²) in [4.78, 5) is 0. The second-order valence-corrected chi connectivity index (χ2v) is 8.22. The van der Waals surface area contributed by atoms with Gasteiger partial charge in [0.15, 0.2) is 0 Å². The molecule has 0 heterocycles. The summed E-state index contributed by atoms with van der Waals surface area (Å²) in [5.41, 5.74) is 2.40. The number of aliphatic hydroxyl groups is 1. The van der Waals surface area contributed by atoms with E-state index in [9.17, 15) is 5.11 Å². The Hall–Kier alpha value is 0.664. The van der Waals surface area contributed by atoms with Crippen molar-refractivity contribution < 1.29 is 37.8 Å². The summed E-state index contributed by atoms with van der Waals surface area (Å²) < 4.78 is 0. The van der Waals surface area contributed by atoms with Gasteiger partial charge >= 0.3 is 0 Å². The molecular formula is C21H30ClOSY-. The Kier molecular flexibility index (Phi) is 12.3. The Morgan fingerprint density at radius 1 is 1.28 bits per heavy atom. The van der Waals surface area contributed by atoms with Crippen LogP contribution in [-0.4, -0.2) is 22.5 Å². The van der Waals surface area contributed by atoms with E-state index < -0.39 is 0 Å². The molecular weight excluding hydrogens is 425 g/mol. The van der Waals surface area contributed by atoms with E-state index in [2.05, 4.69) is 49.6 Å². The third kappa shape index (κ3) is 7.30.